The topological polar surface area (TPSA) is 58.6 Å². The minimum absolute atomic E-state index is 0.0274. The highest BCUT2D eigenvalue weighted by molar-refractivity contribution is 5.99. The Bertz CT molecular complexity index is 598. The van der Waals surface area contributed by atoms with E-state index < -0.39 is 6.04 Å². The first-order valence-electron chi connectivity index (χ1n) is 7.96. The van der Waals surface area contributed by atoms with E-state index in [2.05, 4.69) is 5.32 Å². The zero-order valence-corrected chi connectivity index (χ0v) is 13.9. The van der Waals surface area contributed by atoms with Crippen molar-refractivity contribution in [2.75, 3.05) is 13.6 Å². The van der Waals surface area contributed by atoms with Crippen LogP contribution >= 0.6 is 0 Å². The van der Waals surface area contributed by atoms with Crippen molar-refractivity contribution in [1.82, 2.24) is 10.2 Å². The molecule has 0 aliphatic carbocycles. The molecule has 0 unspecified atom stereocenters. The maximum absolute atomic E-state index is 12.7. The summed E-state index contributed by atoms with van der Waals surface area (Å²) in [7, 11) is 1.64. The highest BCUT2D eigenvalue weighted by Crippen LogP contribution is 2.22. The summed E-state index contributed by atoms with van der Waals surface area (Å²) in [5, 5.41) is 2.86. The Labute approximate surface area is 137 Å². The predicted octanol–water partition coefficient (Wildman–Crippen LogP) is 2.38. The summed E-state index contributed by atoms with van der Waals surface area (Å²) in [6.45, 7) is 4.26. The van der Waals surface area contributed by atoms with Crippen molar-refractivity contribution >= 4 is 11.8 Å². The number of likely N-dealkylation sites (N-methyl/N-ethyl adjacent to an activating group) is 1. The summed E-state index contributed by atoms with van der Waals surface area (Å²) < 4.78 is 5.92. The molecule has 1 N–H and O–H groups in total. The molecule has 0 aromatic heterocycles. The van der Waals surface area contributed by atoms with Gasteiger partial charge >= 0.3 is 0 Å². The first kappa shape index (κ1) is 17.1. The highest BCUT2D eigenvalue weighted by Gasteiger charge is 2.25. The van der Waals surface area contributed by atoms with Gasteiger partial charge in [0.1, 0.15) is 11.8 Å². The van der Waals surface area contributed by atoms with Gasteiger partial charge in [-0.2, -0.15) is 0 Å². The van der Waals surface area contributed by atoms with Crippen molar-refractivity contribution in [2.24, 2.45) is 0 Å². The van der Waals surface area contributed by atoms with E-state index in [4.69, 9.17) is 4.74 Å². The van der Waals surface area contributed by atoms with Gasteiger partial charge in [-0.3, -0.25) is 9.59 Å². The fraction of sp³-hybridized carbons (Fsp3) is 0.444. The van der Waals surface area contributed by atoms with Gasteiger partial charge in [0, 0.05) is 20.0 Å². The van der Waals surface area contributed by atoms with Crippen LogP contribution in [-0.4, -0.2) is 42.5 Å². The van der Waals surface area contributed by atoms with Crippen molar-refractivity contribution in [3.8, 4) is 5.75 Å². The number of rotatable bonds is 0. The first-order valence-corrected chi connectivity index (χ1v) is 7.96. The van der Waals surface area contributed by atoms with Crippen LogP contribution in [0.4, 0.5) is 0 Å². The van der Waals surface area contributed by atoms with Crippen LogP contribution in [0.25, 0.3) is 0 Å². The van der Waals surface area contributed by atoms with Gasteiger partial charge in [0.05, 0.1) is 11.7 Å². The molecule has 0 spiro atoms. The normalized spacial score (nSPS) is 24.9. The van der Waals surface area contributed by atoms with Crippen LogP contribution in [0.15, 0.2) is 36.4 Å². The van der Waals surface area contributed by atoms with Crippen LogP contribution in [0.5, 0.6) is 5.75 Å². The number of amides is 2. The summed E-state index contributed by atoms with van der Waals surface area (Å²) in [5.41, 5.74) is 0.475. The van der Waals surface area contributed by atoms with Gasteiger partial charge in [-0.15, -0.1) is 0 Å². The molecule has 1 heterocycles. The molecular weight excluding hydrogens is 292 g/mol. The van der Waals surface area contributed by atoms with Gasteiger partial charge in [-0.25, -0.2) is 0 Å². The van der Waals surface area contributed by atoms with Gasteiger partial charge in [0.2, 0.25) is 5.91 Å². The molecule has 1 aromatic rings. The Morgan fingerprint density at radius 3 is 2.70 bits per heavy atom. The number of nitrogens with zero attached hydrogens (tertiary/aromatic N) is 1. The lowest BCUT2D eigenvalue weighted by atomic mass is 10.1. The Morgan fingerprint density at radius 2 is 1.91 bits per heavy atom. The van der Waals surface area contributed by atoms with E-state index in [1.54, 1.807) is 32.2 Å². The Kier molecular flexibility index (Phi) is 5.79. The summed E-state index contributed by atoms with van der Waals surface area (Å²) in [6, 6.07) is 6.62. The van der Waals surface area contributed by atoms with Crippen LogP contribution in [0.3, 0.4) is 0 Å². The fourth-order valence-electron chi connectivity index (χ4n) is 2.38. The lowest BCUT2D eigenvalue weighted by Crippen LogP contribution is -2.46. The van der Waals surface area contributed by atoms with Crippen LogP contribution in [0.2, 0.25) is 0 Å². The number of hydrogen-bond acceptors (Lipinski definition) is 3. The third-order valence-corrected chi connectivity index (χ3v) is 3.97. The second kappa shape index (κ2) is 7.81. The molecule has 0 bridgehead atoms. The Hall–Kier alpha value is -2.30. The zero-order chi connectivity index (χ0) is 16.8. The number of fused-ring (bicyclic) bond motifs is 1. The molecule has 1 aliphatic rings. The molecule has 0 radical (unpaired) electrons. The second-order valence-electron chi connectivity index (χ2n) is 5.80. The molecule has 23 heavy (non-hydrogen) atoms. The lowest BCUT2D eigenvalue weighted by Gasteiger charge is -2.26. The summed E-state index contributed by atoms with van der Waals surface area (Å²) in [5.74, 6) is 0.177. The summed E-state index contributed by atoms with van der Waals surface area (Å²) in [6.07, 6.45) is 5.57. The monoisotopic (exact) mass is 316 g/mol. The molecule has 2 atom stereocenters. The van der Waals surface area contributed by atoms with Crippen molar-refractivity contribution in [3.05, 3.63) is 42.0 Å². The van der Waals surface area contributed by atoms with Crippen LogP contribution < -0.4 is 10.1 Å². The average molecular weight is 316 g/mol. The third kappa shape index (κ3) is 4.34. The van der Waals surface area contributed by atoms with Gasteiger partial charge in [0.25, 0.3) is 5.91 Å². The van der Waals surface area contributed by atoms with Crippen LogP contribution in [0.1, 0.15) is 37.0 Å². The van der Waals surface area contributed by atoms with Crippen molar-refractivity contribution in [1.29, 1.82) is 0 Å². The molecule has 2 amide bonds. The molecule has 1 aromatic carbocycles. The molecule has 1 aliphatic heterocycles. The van der Waals surface area contributed by atoms with Crippen LogP contribution in [0, 0.1) is 0 Å². The van der Waals surface area contributed by atoms with Crippen molar-refractivity contribution in [2.45, 2.75) is 38.8 Å². The quantitative estimate of drug-likeness (QED) is 0.748. The highest BCUT2D eigenvalue weighted by atomic mass is 16.5. The molecule has 0 fully saturated rings. The predicted molar refractivity (Wildman–Crippen MR) is 89.5 cm³/mol. The minimum atomic E-state index is -0.542. The maximum atomic E-state index is 12.7. The van der Waals surface area contributed by atoms with Gasteiger partial charge in [0.15, 0.2) is 0 Å². The van der Waals surface area contributed by atoms with E-state index in [0.29, 0.717) is 17.9 Å². The summed E-state index contributed by atoms with van der Waals surface area (Å²) in [4.78, 5) is 26.3. The molecule has 2 rings (SSSR count). The van der Waals surface area contributed by atoms with Gasteiger partial charge in [-0.05, 0) is 32.4 Å². The molecular formula is C18H24N2O3. The van der Waals surface area contributed by atoms with Crippen molar-refractivity contribution in [3.63, 3.8) is 0 Å². The average Bonchev–Trinajstić information content (AvgIpc) is 2.55. The lowest BCUT2D eigenvalue weighted by molar-refractivity contribution is -0.124. The molecule has 5 heteroatoms. The van der Waals surface area contributed by atoms with E-state index in [1.165, 1.54) is 4.90 Å². The Balaban J connectivity index is 2.32. The molecule has 0 saturated heterocycles. The number of carbonyl (C=O) groups excluding carboxylic acids is 2. The SMILES string of the molecule is C[C@@H]1C(=O)NCC/C=C/C[C@H](C)Oc2ccccc2C(=O)N1C. The number of benzene rings is 1. The number of nitrogens with one attached hydrogen (secondary N) is 1. The number of ether oxygens (including phenoxy) is 1. The van der Waals surface area contributed by atoms with Crippen molar-refractivity contribution < 1.29 is 14.3 Å². The Morgan fingerprint density at radius 1 is 1.17 bits per heavy atom. The number of para-hydroxylation sites is 1. The molecule has 124 valence electrons. The van der Waals surface area contributed by atoms with Gasteiger partial charge < -0.3 is 15.0 Å². The number of hydrogen-bond donors (Lipinski definition) is 1. The second-order valence-corrected chi connectivity index (χ2v) is 5.80. The molecule has 5 nitrogen and oxygen atoms in total. The summed E-state index contributed by atoms with van der Waals surface area (Å²) >= 11 is 0. The van der Waals surface area contributed by atoms with E-state index in [-0.39, 0.29) is 17.9 Å². The minimum Gasteiger partial charge on any atom is -0.490 e. The standard InChI is InChI=1S/C18H24N2O3/c1-13-9-5-4-8-12-19-17(21)14(2)20(3)18(22)15-10-6-7-11-16(15)23-13/h4-7,10-11,13-14H,8-9,12H2,1-3H3,(H,19,21)/b5-4+/t13-,14+/m0/s1. The van der Waals surface area contributed by atoms with E-state index >= 15 is 0 Å². The maximum Gasteiger partial charge on any atom is 0.258 e. The zero-order valence-electron chi connectivity index (χ0n) is 13.9. The molecule has 0 saturated carbocycles. The van der Waals surface area contributed by atoms with Crippen LogP contribution in [-0.2, 0) is 4.79 Å². The fourth-order valence-corrected chi connectivity index (χ4v) is 2.38. The largest absolute Gasteiger partial charge is 0.490 e. The first-order chi connectivity index (χ1) is 11.0. The van der Waals surface area contributed by atoms with Gasteiger partial charge in [-0.1, -0.05) is 24.3 Å². The number of carbonyl (C=O) groups is 2. The van der Waals surface area contributed by atoms with E-state index in [9.17, 15) is 9.59 Å². The van der Waals surface area contributed by atoms with E-state index in [1.807, 2.05) is 25.1 Å². The van der Waals surface area contributed by atoms with E-state index in [0.717, 1.165) is 12.8 Å². The third-order valence-electron chi connectivity index (χ3n) is 3.97. The smallest absolute Gasteiger partial charge is 0.258 e.